The smallest absolute Gasteiger partial charge is 0.0429 e. The van der Waals surface area contributed by atoms with Gasteiger partial charge in [-0.3, -0.25) is 4.98 Å². The molecule has 1 saturated heterocycles. The van der Waals surface area contributed by atoms with Gasteiger partial charge in [0.15, 0.2) is 0 Å². The third-order valence-electron chi connectivity index (χ3n) is 2.39. The molecule has 0 saturated carbocycles. The molecule has 1 aromatic heterocycles. The van der Waals surface area contributed by atoms with Crippen molar-refractivity contribution in [3.63, 3.8) is 0 Å². The van der Waals surface area contributed by atoms with E-state index in [1.165, 1.54) is 18.4 Å². The van der Waals surface area contributed by atoms with E-state index in [1.54, 1.807) is 6.20 Å². The van der Waals surface area contributed by atoms with Gasteiger partial charge in [0.2, 0.25) is 0 Å². The van der Waals surface area contributed by atoms with E-state index >= 15 is 0 Å². The highest BCUT2D eigenvalue weighted by Crippen LogP contribution is 2.22. The number of nitrogens with zero attached hydrogens (tertiary/aromatic N) is 1. The first-order chi connectivity index (χ1) is 6.40. The highest BCUT2D eigenvalue weighted by atomic mass is 14.9. The Morgan fingerprint density at radius 3 is 3.15 bits per heavy atom. The van der Waals surface area contributed by atoms with Crippen LogP contribution in [0.15, 0.2) is 18.5 Å². The first-order valence-electron chi connectivity index (χ1n) is 4.55. The molecule has 0 spiro atoms. The zero-order chi connectivity index (χ0) is 9.10. The normalized spacial score (nSPS) is 21.3. The van der Waals surface area contributed by atoms with Crippen LogP contribution >= 0.6 is 0 Å². The molecule has 0 radical (unpaired) electrons. The second kappa shape index (κ2) is 3.59. The molecule has 1 fully saturated rings. The summed E-state index contributed by atoms with van der Waals surface area (Å²) < 4.78 is 0. The van der Waals surface area contributed by atoms with Gasteiger partial charge in [0.1, 0.15) is 0 Å². The van der Waals surface area contributed by atoms with Gasteiger partial charge in [0.05, 0.1) is 0 Å². The van der Waals surface area contributed by atoms with E-state index in [1.807, 2.05) is 12.3 Å². The van der Waals surface area contributed by atoms with Crippen molar-refractivity contribution in [1.82, 2.24) is 10.3 Å². The summed E-state index contributed by atoms with van der Waals surface area (Å²) >= 11 is 0. The van der Waals surface area contributed by atoms with E-state index in [4.69, 9.17) is 6.42 Å². The number of nitrogens with one attached hydrogen (secondary N) is 1. The van der Waals surface area contributed by atoms with E-state index < -0.39 is 0 Å². The van der Waals surface area contributed by atoms with E-state index in [2.05, 4.69) is 16.2 Å². The van der Waals surface area contributed by atoms with Crippen LogP contribution in [-0.2, 0) is 0 Å². The maximum absolute atomic E-state index is 5.31. The summed E-state index contributed by atoms with van der Waals surface area (Å²) in [7, 11) is 0. The third-order valence-corrected chi connectivity index (χ3v) is 2.39. The molecule has 0 bridgehead atoms. The Hall–Kier alpha value is -1.33. The van der Waals surface area contributed by atoms with Crippen molar-refractivity contribution in [3.8, 4) is 12.3 Å². The molecule has 13 heavy (non-hydrogen) atoms. The Bertz CT molecular complexity index is 332. The molecule has 2 nitrogen and oxygen atoms in total. The number of aromatic nitrogens is 1. The van der Waals surface area contributed by atoms with Crippen molar-refractivity contribution in [2.75, 3.05) is 6.54 Å². The molecule has 0 aromatic carbocycles. The van der Waals surface area contributed by atoms with Crippen LogP contribution in [0.2, 0.25) is 0 Å². The Balaban J connectivity index is 2.25. The van der Waals surface area contributed by atoms with Crippen LogP contribution < -0.4 is 5.32 Å². The minimum atomic E-state index is 0.459. The Labute approximate surface area is 78.4 Å². The maximum atomic E-state index is 5.31. The van der Waals surface area contributed by atoms with Gasteiger partial charge in [0, 0.05) is 24.0 Å². The standard InChI is InChI=1S/C11H12N2/c1-2-9-6-10(8-12-7-9)11-4-3-5-13-11/h1,6-8,11,13H,3-5H2/t11-/m0/s1. The van der Waals surface area contributed by atoms with Crippen molar-refractivity contribution in [3.05, 3.63) is 29.6 Å². The number of pyridine rings is 1. The van der Waals surface area contributed by atoms with Gasteiger partial charge in [-0.05, 0) is 31.0 Å². The van der Waals surface area contributed by atoms with Gasteiger partial charge in [-0.25, -0.2) is 0 Å². The fourth-order valence-corrected chi connectivity index (χ4v) is 1.70. The van der Waals surface area contributed by atoms with Crippen molar-refractivity contribution in [2.24, 2.45) is 0 Å². The summed E-state index contributed by atoms with van der Waals surface area (Å²) in [5, 5.41) is 3.42. The Kier molecular flexibility index (Phi) is 2.29. The van der Waals surface area contributed by atoms with Gasteiger partial charge in [0.25, 0.3) is 0 Å². The topological polar surface area (TPSA) is 24.9 Å². The molecule has 0 aliphatic carbocycles. The summed E-state index contributed by atoms with van der Waals surface area (Å²) in [6.45, 7) is 1.10. The van der Waals surface area contributed by atoms with E-state index in [9.17, 15) is 0 Å². The van der Waals surface area contributed by atoms with Gasteiger partial charge in [-0.1, -0.05) is 5.92 Å². The number of hydrogen-bond donors (Lipinski definition) is 1. The lowest BCUT2D eigenvalue weighted by Gasteiger charge is -2.09. The second-order valence-electron chi connectivity index (χ2n) is 3.30. The minimum absolute atomic E-state index is 0.459. The van der Waals surface area contributed by atoms with Crippen LogP contribution in [-0.4, -0.2) is 11.5 Å². The number of rotatable bonds is 1. The molecule has 1 aliphatic rings. The predicted molar refractivity (Wildman–Crippen MR) is 52.1 cm³/mol. The highest BCUT2D eigenvalue weighted by Gasteiger charge is 2.16. The molecule has 66 valence electrons. The van der Waals surface area contributed by atoms with E-state index in [0.717, 1.165) is 12.1 Å². The number of hydrogen-bond acceptors (Lipinski definition) is 2. The lowest BCUT2D eigenvalue weighted by Crippen LogP contribution is -2.13. The minimum Gasteiger partial charge on any atom is -0.310 e. The Morgan fingerprint density at radius 2 is 2.46 bits per heavy atom. The molecular weight excluding hydrogens is 160 g/mol. The van der Waals surface area contributed by atoms with Crippen molar-refractivity contribution >= 4 is 0 Å². The van der Waals surface area contributed by atoms with E-state index in [0.29, 0.717) is 6.04 Å². The first-order valence-corrected chi connectivity index (χ1v) is 4.55. The summed E-state index contributed by atoms with van der Waals surface area (Å²) in [6.07, 6.45) is 11.4. The number of terminal acetylenes is 1. The fraction of sp³-hybridized carbons (Fsp3) is 0.364. The highest BCUT2D eigenvalue weighted by molar-refractivity contribution is 5.33. The average molecular weight is 172 g/mol. The van der Waals surface area contributed by atoms with Crippen molar-refractivity contribution < 1.29 is 0 Å². The van der Waals surface area contributed by atoms with Crippen molar-refractivity contribution in [1.29, 1.82) is 0 Å². The lowest BCUT2D eigenvalue weighted by molar-refractivity contribution is 0.645. The molecule has 1 N–H and O–H groups in total. The molecule has 2 rings (SSSR count). The Morgan fingerprint density at radius 1 is 1.54 bits per heavy atom. The molecule has 2 heterocycles. The van der Waals surface area contributed by atoms with Crippen LogP contribution in [0.25, 0.3) is 0 Å². The zero-order valence-corrected chi connectivity index (χ0v) is 7.46. The monoisotopic (exact) mass is 172 g/mol. The van der Waals surface area contributed by atoms with Crippen LogP contribution in [0.1, 0.15) is 30.0 Å². The first kappa shape index (κ1) is 8.28. The lowest BCUT2D eigenvalue weighted by atomic mass is 10.1. The maximum Gasteiger partial charge on any atom is 0.0429 e. The average Bonchev–Trinajstić information content (AvgIpc) is 2.71. The SMILES string of the molecule is C#Cc1cncc([C@@H]2CCCN2)c1. The molecule has 1 atom stereocenters. The summed E-state index contributed by atoms with van der Waals surface area (Å²) in [4.78, 5) is 4.12. The van der Waals surface area contributed by atoms with E-state index in [-0.39, 0.29) is 0 Å². The van der Waals surface area contributed by atoms with Gasteiger partial charge in [-0.15, -0.1) is 6.42 Å². The molecule has 1 aliphatic heterocycles. The van der Waals surface area contributed by atoms with Gasteiger partial charge < -0.3 is 5.32 Å². The van der Waals surface area contributed by atoms with Crippen LogP contribution in [0.3, 0.4) is 0 Å². The zero-order valence-electron chi connectivity index (χ0n) is 7.46. The largest absolute Gasteiger partial charge is 0.310 e. The van der Waals surface area contributed by atoms with Gasteiger partial charge >= 0.3 is 0 Å². The summed E-state index contributed by atoms with van der Waals surface area (Å²) in [5.74, 6) is 2.60. The molecule has 2 heteroatoms. The quantitative estimate of drug-likeness (QED) is 0.649. The fourth-order valence-electron chi connectivity index (χ4n) is 1.70. The molecule has 0 unspecified atom stereocenters. The molecule has 1 aromatic rings. The molecule has 0 amide bonds. The third kappa shape index (κ3) is 1.71. The van der Waals surface area contributed by atoms with Crippen LogP contribution in [0.4, 0.5) is 0 Å². The summed E-state index contributed by atoms with van der Waals surface area (Å²) in [6, 6.07) is 2.50. The van der Waals surface area contributed by atoms with Gasteiger partial charge in [-0.2, -0.15) is 0 Å². The molecular formula is C11H12N2. The van der Waals surface area contributed by atoms with Crippen LogP contribution in [0.5, 0.6) is 0 Å². The predicted octanol–water partition coefficient (Wildman–Crippen LogP) is 1.49. The van der Waals surface area contributed by atoms with Crippen molar-refractivity contribution in [2.45, 2.75) is 18.9 Å². The van der Waals surface area contributed by atoms with Crippen LogP contribution in [0, 0.1) is 12.3 Å². The summed E-state index contributed by atoms with van der Waals surface area (Å²) in [5.41, 5.74) is 2.08. The second-order valence-corrected chi connectivity index (χ2v) is 3.30.